The monoisotopic (exact) mass is 356 g/mol. The minimum atomic E-state index is -0.0169. The van der Waals surface area contributed by atoms with Crippen LogP contribution < -0.4 is 10.1 Å². The standard InChI is InChI=1S/C20H21ClN2O2/c21-18-3-1-2-4-19(18)25-17-7-5-15(6-8-17)20(24)22-16-11-14-9-10-23(12-14)13-16/h1-8,14,16H,9-13H2,(H,22,24)/t14-,16-/m1/s1. The molecule has 2 aliphatic rings. The predicted molar refractivity (Wildman–Crippen MR) is 98.4 cm³/mol. The smallest absolute Gasteiger partial charge is 0.251 e. The van der Waals surface area contributed by atoms with Gasteiger partial charge in [-0.2, -0.15) is 0 Å². The molecule has 0 saturated carbocycles. The van der Waals surface area contributed by atoms with E-state index in [1.165, 1.54) is 19.5 Å². The molecule has 1 N–H and O–H groups in total. The molecule has 1 unspecified atom stereocenters. The highest BCUT2D eigenvalue weighted by Crippen LogP contribution is 2.29. The average Bonchev–Trinajstić information content (AvgIpc) is 2.96. The third kappa shape index (κ3) is 3.80. The third-order valence-electron chi connectivity index (χ3n) is 4.98. The molecule has 25 heavy (non-hydrogen) atoms. The first-order valence-corrected chi connectivity index (χ1v) is 9.11. The molecular formula is C20H21ClN2O2. The molecule has 3 atom stereocenters. The summed E-state index contributed by atoms with van der Waals surface area (Å²) in [4.78, 5) is 14.9. The highest BCUT2D eigenvalue weighted by atomic mass is 35.5. The SMILES string of the molecule is O=C(N[C@@H]1C[C@H]2CCN(C2)C1)c1ccc(Oc2ccccc2Cl)cc1. The Labute approximate surface area is 152 Å². The van der Waals surface area contributed by atoms with E-state index in [4.69, 9.17) is 16.3 Å². The number of amides is 1. The normalized spacial score (nSPS) is 24.8. The zero-order chi connectivity index (χ0) is 17.2. The van der Waals surface area contributed by atoms with Gasteiger partial charge in [-0.05, 0) is 61.7 Å². The van der Waals surface area contributed by atoms with E-state index in [9.17, 15) is 4.79 Å². The van der Waals surface area contributed by atoms with Gasteiger partial charge in [0.2, 0.25) is 0 Å². The second-order valence-electron chi connectivity index (χ2n) is 6.88. The van der Waals surface area contributed by atoms with Crippen molar-refractivity contribution in [1.29, 1.82) is 0 Å². The molecular weight excluding hydrogens is 336 g/mol. The number of ether oxygens (including phenoxy) is 1. The van der Waals surface area contributed by atoms with Gasteiger partial charge < -0.3 is 15.0 Å². The molecule has 4 rings (SSSR count). The number of carbonyl (C=O) groups excluding carboxylic acids is 1. The van der Waals surface area contributed by atoms with Crippen LogP contribution in [0.2, 0.25) is 5.02 Å². The minimum Gasteiger partial charge on any atom is -0.456 e. The molecule has 2 heterocycles. The molecule has 0 aliphatic carbocycles. The van der Waals surface area contributed by atoms with E-state index in [1.807, 2.05) is 18.2 Å². The van der Waals surface area contributed by atoms with E-state index in [0.29, 0.717) is 22.1 Å². The lowest BCUT2D eigenvalue weighted by Gasteiger charge is -2.30. The van der Waals surface area contributed by atoms with Crippen molar-refractivity contribution in [1.82, 2.24) is 10.2 Å². The number of benzene rings is 2. The number of nitrogens with one attached hydrogen (secondary N) is 1. The van der Waals surface area contributed by atoms with Crippen LogP contribution in [-0.2, 0) is 0 Å². The lowest BCUT2D eigenvalue weighted by Crippen LogP contribution is -2.46. The van der Waals surface area contributed by atoms with Gasteiger partial charge in [0.1, 0.15) is 11.5 Å². The van der Waals surface area contributed by atoms with Gasteiger partial charge >= 0.3 is 0 Å². The first-order chi connectivity index (χ1) is 12.2. The fourth-order valence-electron chi connectivity index (χ4n) is 3.76. The lowest BCUT2D eigenvalue weighted by molar-refractivity contribution is 0.0909. The molecule has 2 aliphatic heterocycles. The molecule has 1 amide bonds. The molecule has 2 saturated heterocycles. The molecule has 5 heteroatoms. The average molecular weight is 357 g/mol. The number of fused-ring (bicyclic) bond motifs is 2. The van der Waals surface area contributed by atoms with Crippen LogP contribution in [0.5, 0.6) is 11.5 Å². The van der Waals surface area contributed by atoms with E-state index in [1.54, 1.807) is 30.3 Å². The topological polar surface area (TPSA) is 41.6 Å². The molecule has 2 fully saturated rings. The van der Waals surface area contributed by atoms with Crippen molar-refractivity contribution in [2.45, 2.75) is 18.9 Å². The first kappa shape index (κ1) is 16.4. The molecule has 0 radical (unpaired) electrons. The summed E-state index contributed by atoms with van der Waals surface area (Å²) in [7, 11) is 0. The van der Waals surface area contributed by atoms with E-state index < -0.39 is 0 Å². The van der Waals surface area contributed by atoms with Gasteiger partial charge in [-0.15, -0.1) is 0 Å². The zero-order valence-electron chi connectivity index (χ0n) is 14.0. The van der Waals surface area contributed by atoms with Gasteiger partial charge in [0, 0.05) is 24.7 Å². The summed E-state index contributed by atoms with van der Waals surface area (Å²) in [6.45, 7) is 3.33. The molecule has 2 bridgehead atoms. The van der Waals surface area contributed by atoms with E-state index in [-0.39, 0.29) is 11.9 Å². The summed E-state index contributed by atoms with van der Waals surface area (Å²) < 4.78 is 5.76. The number of rotatable bonds is 4. The van der Waals surface area contributed by atoms with Crippen molar-refractivity contribution < 1.29 is 9.53 Å². The predicted octanol–water partition coefficient (Wildman–Crippen LogP) is 3.96. The van der Waals surface area contributed by atoms with Crippen molar-refractivity contribution in [3.63, 3.8) is 0 Å². The van der Waals surface area contributed by atoms with Crippen LogP contribution in [0.1, 0.15) is 23.2 Å². The van der Waals surface area contributed by atoms with Crippen LogP contribution in [0.3, 0.4) is 0 Å². The molecule has 0 spiro atoms. The Morgan fingerprint density at radius 1 is 1.12 bits per heavy atom. The van der Waals surface area contributed by atoms with E-state index in [0.717, 1.165) is 18.9 Å². The van der Waals surface area contributed by atoms with Crippen LogP contribution >= 0.6 is 11.6 Å². The fraction of sp³-hybridized carbons (Fsp3) is 0.350. The Hall–Kier alpha value is -2.04. The van der Waals surface area contributed by atoms with Crippen molar-refractivity contribution >= 4 is 17.5 Å². The van der Waals surface area contributed by atoms with Gasteiger partial charge in [0.05, 0.1) is 5.02 Å². The van der Waals surface area contributed by atoms with Crippen LogP contribution in [0.4, 0.5) is 0 Å². The summed E-state index contributed by atoms with van der Waals surface area (Å²) in [5.74, 6) is 1.99. The second-order valence-corrected chi connectivity index (χ2v) is 7.28. The van der Waals surface area contributed by atoms with Crippen molar-refractivity contribution in [2.75, 3.05) is 19.6 Å². The zero-order valence-corrected chi connectivity index (χ0v) is 14.7. The Morgan fingerprint density at radius 3 is 2.68 bits per heavy atom. The van der Waals surface area contributed by atoms with Crippen molar-refractivity contribution in [3.05, 3.63) is 59.1 Å². The Kier molecular flexibility index (Phi) is 4.64. The van der Waals surface area contributed by atoms with Gasteiger partial charge in [-0.3, -0.25) is 4.79 Å². The summed E-state index contributed by atoms with van der Waals surface area (Å²) in [6, 6.07) is 14.8. The highest BCUT2D eigenvalue weighted by Gasteiger charge is 2.32. The number of carbonyl (C=O) groups is 1. The van der Waals surface area contributed by atoms with Crippen LogP contribution in [0.25, 0.3) is 0 Å². The summed E-state index contributed by atoms with van der Waals surface area (Å²) >= 11 is 6.10. The number of nitrogens with zero attached hydrogens (tertiary/aromatic N) is 1. The van der Waals surface area contributed by atoms with E-state index >= 15 is 0 Å². The molecule has 2 aromatic rings. The van der Waals surface area contributed by atoms with Gasteiger partial charge in [-0.1, -0.05) is 23.7 Å². The number of piperidine rings is 1. The quantitative estimate of drug-likeness (QED) is 0.901. The molecule has 4 nitrogen and oxygen atoms in total. The Morgan fingerprint density at radius 2 is 1.92 bits per heavy atom. The number of para-hydroxylation sites is 1. The summed E-state index contributed by atoms with van der Waals surface area (Å²) in [6.07, 6.45) is 2.36. The van der Waals surface area contributed by atoms with Crippen molar-refractivity contribution in [2.24, 2.45) is 5.92 Å². The number of hydrogen-bond acceptors (Lipinski definition) is 3. The number of hydrogen-bond donors (Lipinski definition) is 1. The van der Waals surface area contributed by atoms with Crippen LogP contribution in [0.15, 0.2) is 48.5 Å². The van der Waals surface area contributed by atoms with Crippen LogP contribution in [0, 0.1) is 5.92 Å². The van der Waals surface area contributed by atoms with Gasteiger partial charge in [0.15, 0.2) is 0 Å². The maximum Gasteiger partial charge on any atom is 0.251 e. The van der Waals surface area contributed by atoms with E-state index in [2.05, 4.69) is 10.2 Å². The van der Waals surface area contributed by atoms with Crippen molar-refractivity contribution in [3.8, 4) is 11.5 Å². The highest BCUT2D eigenvalue weighted by molar-refractivity contribution is 6.32. The lowest BCUT2D eigenvalue weighted by atomic mass is 9.96. The first-order valence-electron chi connectivity index (χ1n) is 8.73. The third-order valence-corrected chi connectivity index (χ3v) is 5.29. The van der Waals surface area contributed by atoms with Gasteiger partial charge in [-0.25, -0.2) is 0 Å². The number of halogens is 1. The summed E-state index contributed by atoms with van der Waals surface area (Å²) in [5.41, 5.74) is 0.652. The Balaban J connectivity index is 1.38. The molecule has 0 aromatic heterocycles. The summed E-state index contributed by atoms with van der Waals surface area (Å²) in [5, 5.41) is 3.73. The second kappa shape index (κ2) is 7.06. The molecule has 2 aromatic carbocycles. The Bertz CT molecular complexity index is 751. The minimum absolute atomic E-state index is 0.0169. The maximum absolute atomic E-state index is 12.5. The fourth-order valence-corrected chi connectivity index (χ4v) is 3.94. The van der Waals surface area contributed by atoms with Gasteiger partial charge in [0.25, 0.3) is 5.91 Å². The molecule has 130 valence electrons. The van der Waals surface area contributed by atoms with Crippen LogP contribution in [-0.4, -0.2) is 36.5 Å². The maximum atomic E-state index is 12.5. The largest absolute Gasteiger partial charge is 0.456 e.